The van der Waals surface area contributed by atoms with Gasteiger partial charge in [0.2, 0.25) is 0 Å². The summed E-state index contributed by atoms with van der Waals surface area (Å²) in [6.45, 7) is 5.13. The van der Waals surface area contributed by atoms with Crippen molar-refractivity contribution in [3.63, 3.8) is 0 Å². The topological polar surface area (TPSA) is 100 Å². The second kappa shape index (κ2) is 15.2. The summed E-state index contributed by atoms with van der Waals surface area (Å²) in [7, 11) is 1.53. The normalized spacial score (nSPS) is 12.1. The maximum Gasteiger partial charge on any atom is 0.331 e. The Morgan fingerprint density at radius 3 is 1.52 bits per heavy atom. The number of esters is 3. The highest BCUT2D eigenvalue weighted by Crippen LogP contribution is 2.35. The van der Waals surface area contributed by atoms with Gasteiger partial charge in [-0.2, -0.15) is 0 Å². The highest BCUT2D eigenvalue weighted by molar-refractivity contribution is 6.13. The molecule has 0 aliphatic heterocycles. The Hall–Kier alpha value is -4.46. The van der Waals surface area contributed by atoms with Crippen LogP contribution in [0.2, 0.25) is 0 Å². The first-order valence-corrected chi connectivity index (χ1v) is 13.3. The molecule has 0 spiro atoms. The molecule has 3 rings (SSSR count). The lowest BCUT2D eigenvalue weighted by molar-refractivity contribution is -0.163. The third-order valence-corrected chi connectivity index (χ3v) is 6.17. The number of hydrogen-bond donors (Lipinski definition) is 0. The third-order valence-electron chi connectivity index (χ3n) is 6.17. The van der Waals surface area contributed by atoms with Gasteiger partial charge in [-0.3, -0.25) is 14.6 Å². The van der Waals surface area contributed by atoms with Crippen LogP contribution < -0.4 is 4.74 Å². The molecule has 0 fully saturated rings. The van der Waals surface area contributed by atoms with Crippen LogP contribution in [0.4, 0.5) is 0 Å². The fraction of sp³-hybridized carbons (Fsp3) is 0.312. The number of methoxy groups -OCH3 is 1. The molecule has 3 aromatic carbocycles. The Labute approximate surface area is 234 Å². The lowest BCUT2D eigenvalue weighted by Crippen LogP contribution is -2.42. The van der Waals surface area contributed by atoms with Gasteiger partial charge in [-0.15, -0.1) is 0 Å². The SMILES string of the molecule is CCOC(=O)C(N=C(c1ccccc1)c1ccccc1)C(c1ccc(OC)cc1)C(C(=O)OCC)C(=O)OCC. The predicted octanol–water partition coefficient (Wildman–Crippen LogP) is 4.99. The molecule has 2 atom stereocenters. The molecule has 2 unspecified atom stereocenters. The Morgan fingerprint density at radius 1 is 0.650 bits per heavy atom. The molecule has 0 radical (unpaired) electrons. The van der Waals surface area contributed by atoms with E-state index in [4.69, 9.17) is 23.9 Å². The van der Waals surface area contributed by atoms with Crippen LogP contribution in [-0.2, 0) is 28.6 Å². The first kappa shape index (κ1) is 30.1. The zero-order valence-corrected chi connectivity index (χ0v) is 23.2. The molecule has 40 heavy (non-hydrogen) atoms. The second-order valence-corrected chi connectivity index (χ2v) is 8.69. The van der Waals surface area contributed by atoms with Crippen LogP contribution in [0, 0.1) is 5.92 Å². The zero-order chi connectivity index (χ0) is 28.9. The monoisotopic (exact) mass is 545 g/mol. The molecule has 0 aromatic heterocycles. The van der Waals surface area contributed by atoms with Crippen LogP contribution in [0.25, 0.3) is 0 Å². The molecule has 0 N–H and O–H groups in total. The standard InChI is InChI=1S/C32H35NO7/c1-5-38-30(34)27(31(35)39-6-2)26(22-18-20-25(37-4)21-19-22)29(32(36)40-7-3)33-28(23-14-10-8-11-15-23)24-16-12-9-13-17-24/h8-21,26-27,29H,5-7H2,1-4H3. The van der Waals surface area contributed by atoms with Gasteiger partial charge in [-0.05, 0) is 38.5 Å². The van der Waals surface area contributed by atoms with E-state index in [-0.39, 0.29) is 19.8 Å². The smallest absolute Gasteiger partial charge is 0.331 e. The highest BCUT2D eigenvalue weighted by atomic mass is 16.6. The Bertz CT molecular complexity index is 1210. The molecule has 0 aliphatic carbocycles. The zero-order valence-electron chi connectivity index (χ0n) is 23.2. The quantitative estimate of drug-likeness (QED) is 0.129. The van der Waals surface area contributed by atoms with E-state index in [0.717, 1.165) is 11.1 Å². The third kappa shape index (κ3) is 7.56. The summed E-state index contributed by atoms with van der Waals surface area (Å²) >= 11 is 0. The van der Waals surface area contributed by atoms with Crippen LogP contribution in [0.15, 0.2) is 89.9 Å². The number of carbonyl (C=O) groups excluding carboxylic acids is 3. The number of ether oxygens (including phenoxy) is 4. The van der Waals surface area contributed by atoms with Crippen molar-refractivity contribution in [3.05, 3.63) is 102 Å². The van der Waals surface area contributed by atoms with Crippen LogP contribution >= 0.6 is 0 Å². The van der Waals surface area contributed by atoms with E-state index in [1.54, 1.807) is 45.0 Å². The number of aliphatic imine (C=N–C) groups is 1. The highest BCUT2D eigenvalue weighted by Gasteiger charge is 2.46. The summed E-state index contributed by atoms with van der Waals surface area (Å²) < 4.78 is 21.4. The minimum Gasteiger partial charge on any atom is -0.497 e. The van der Waals surface area contributed by atoms with Crippen molar-refractivity contribution in [2.24, 2.45) is 10.9 Å². The van der Waals surface area contributed by atoms with E-state index < -0.39 is 35.8 Å². The lowest BCUT2D eigenvalue weighted by Gasteiger charge is -2.29. The molecule has 3 aromatic rings. The number of hydrogen-bond acceptors (Lipinski definition) is 8. The molecule has 0 amide bonds. The van der Waals surface area contributed by atoms with Gasteiger partial charge >= 0.3 is 17.9 Å². The van der Waals surface area contributed by atoms with E-state index in [1.165, 1.54) is 7.11 Å². The Kier molecular flexibility index (Phi) is 11.4. The fourth-order valence-electron chi connectivity index (χ4n) is 4.39. The minimum atomic E-state index is -1.49. The molecule has 8 nitrogen and oxygen atoms in total. The summed E-state index contributed by atoms with van der Waals surface area (Å²) in [6, 6.07) is 24.2. The number of nitrogens with zero attached hydrogens (tertiary/aromatic N) is 1. The molecule has 0 aliphatic rings. The van der Waals surface area contributed by atoms with Crippen molar-refractivity contribution >= 4 is 23.6 Å². The number of benzene rings is 3. The van der Waals surface area contributed by atoms with Gasteiger partial charge in [0.05, 0.1) is 32.6 Å². The number of carbonyl (C=O) groups is 3. The molecule has 0 heterocycles. The second-order valence-electron chi connectivity index (χ2n) is 8.69. The van der Waals surface area contributed by atoms with Crippen molar-refractivity contribution in [3.8, 4) is 5.75 Å². The van der Waals surface area contributed by atoms with E-state index in [0.29, 0.717) is 17.0 Å². The van der Waals surface area contributed by atoms with Crippen LogP contribution in [-0.4, -0.2) is 56.6 Å². The minimum absolute atomic E-state index is 0.0384. The summed E-state index contributed by atoms with van der Waals surface area (Å²) in [4.78, 5) is 45.4. The van der Waals surface area contributed by atoms with Gasteiger partial charge in [0.1, 0.15) is 5.75 Å². The van der Waals surface area contributed by atoms with Gasteiger partial charge in [0, 0.05) is 17.0 Å². The van der Waals surface area contributed by atoms with E-state index >= 15 is 0 Å². The maximum absolute atomic E-state index is 13.7. The van der Waals surface area contributed by atoms with Crippen LogP contribution in [0.5, 0.6) is 5.75 Å². The van der Waals surface area contributed by atoms with Crippen molar-refractivity contribution in [1.82, 2.24) is 0 Å². The van der Waals surface area contributed by atoms with Gasteiger partial charge in [-0.25, -0.2) is 4.79 Å². The van der Waals surface area contributed by atoms with E-state index in [1.807, 2.05) is 60.7 Å². The average molecular weight is 546 g/mol. The van der Waals surface area contributed by atoms with Gasteiger partial charge < -0.3 is 18.9 Å². The number of rotatable bonds is 13. The average Bonchev–Trinajstić information content (AvgIpc) is 2.98. The molecule has 0 bridgehead atoms. The summed E-state index contributed by atoms with van der Waals surface area (Å²) in [6.07, 6.45) is 0. The Balaban J connectivity index is 2.34. The van der Waals surface area contributed by atoms with E-state index in [2.05, 4.69) is 0 Å². The molecule has 0 saturated carbocycles. The lowest BCUT2D eigenvalue weighted by atomic mass is 9.80. The largest absolute Gasteiger partial charge is 0.497 e. The Morgan fingerprint density at radius 2 is 1.10 bits per heavy atom. The first-order chi connectivity index (χ1) is 19.4. The molecule has 210 valence electrons. The first-order valence-electron chi connectivity index (χ1n) is 13.3. The molecular weight excluding hydrogens is 510 g/mol. The molecule has 8 heteroatoms. The van der Waals surface area contributed by atoms with Gasteiger partial charge in [0.25, 0.3) is 0 Å². The maximum atomic E-state index is 13.7. The van der Waals surface area contributed by atoms with Gasteiger partial charge in [-0.1, -0.05) is 72.8 Å². The summed E-state index contributed by atoms with van der Waals surface area (Å²) in [5.41, 5.74) is 2.50. The van der Waals surface area contributed by atoms with Crippen LogP contribution in [0.3, 0.4) is 0 Å². The predicted molar refractivity (Wildman–Crippen MR) is 151 cm³/mol. The molecule has 0 saturated heterocycles. The fourth-order valence-corrected chi connectivity index (χ4v) is 4.39. The van der Waals surface area contributed by atoms with Crippen LogP contribution in [0.1, 0.15) is 43.4 Å². The summed E-state index contributed by atoms with van der Waals surface area (Å²) in [5.74, 6) is -4.34. The summed E-state index contributed by atoms with van der Waals surface area (Å²) in [5, 5.41) is 0. The van der Waals surface area contributed by atoms with Crippen molar-refractivity contribution < 1.29 is 33.3 Å². The molecular formula is C32H35NO7. The van der Waals surface area contributed by atoms with Gasteiger partial charge in [0.15, 0.2) is 12.0 Å². The van der Waals surface area contributed by atoms with Crippen molar-refractivity contribution in [1.29, 1.82) is 0 Å². The van der Waals surface area contributed by atoms with E-state index in [9.17, 15) is 14.4 Å². The van der Waals surface area contributed by atoms with Crippen molar-refractivity contribution in [2.45, 2.75) is 32.7 Å². The van der Waals surface area contributed by atoms with Crippen molar-refractivity contribution in [2.75, 3.05) is 26.9 Å².